The van der Waals surface area contributed by atoms with Crippen molar-refractivity contribution in [2.75, 3.05) is 6.26 Å². The highest BCUT2D eigenvalue weighted by molar-refractivity contribution is 7.90. The molecule has 0 saturated carbocycles. The molecule has 0 spiro atoms. The van der Waals surface area contributed by atoms with Crippen molar-refractivity contribution in [2.24, 2.45) is 0 Å². The van der Waals surface area contributed by atoms with Gasteiger partial charge in [-0.1, -0.05) is 11.6 Å². The van der Waals surface area contributed by atoms with Crippen LogP contribution in [-0.2, 0) is 9.84 Å². The van der Waals surface area contributed by atoms with Crippen LogP contribution in [0.4, 0.5) is 0 Å². The first-order valence-corrected chi connectivity index (χ1v) is 7.76. The van der Waals surface area contributed by atoms with Gasteiger partial charge in [-0.3, -0.25) is 9.36 Å². The zero-order valence-corrected chi connectivity index (χ0v) is 12.2. The lowest BCUT2D eigenvalue weighted by atomic mass is 10.3. The van der Waals surface area contributed by atoms with Crippen LogP contribution in [0.5, 0.6) is 0 Å². The minimum Gasteiger partial charge on any atom is -0.289 e. The molecule has 2 heterocycles. The first-order chi connectivity index (χ1) is 8.71. The van der Waals surface area contributed by atoms with Crippen LogP contribution in [0.1, 0.15) is 19.9 Å². The topological polar surface area (TPSA) is 81.9 Å². The van der Waals surface area contributed by atoms with Crippen LogP contribution < -0.4 is 5.56 Å². The number of rotatable bonds is 2. The second-order valence-corrected chi connectivity index (χ2v) is 6.78. The fourth-order valence-corrected chi connectivity index (χ4v) is 2.43. The molecule has 0 bridgehead atoms. The molecular weight excluding hydrogens is 290 g/mol. The minimum absolute atomic E-state index is 0.0527. The number of halogens is 1. The Bertz CT molecular complexity index is 812. The maximum Gasteiger partial charge on any atom is 0.271 e. The second kappa shape index (κ2) is 4.57. The normalized spacial score (nSPS) is 12.3. The Hall–Kier alpha value is -1.47. The van der Waals surface area contributed by atoms with Crippen molar-refractivity contribution in [3.05, 3.63) is 27.6 Å². The van der Waals surface area contributed by atoms with Gasteiger partial charge >= 0.3 is 0 Å². The molecule has 0 saturated heterocycles. The van der Waals surface area contributed by atoms with Crippen LogP contribution in [0.3, 0.4) is 0 Å². The summed E-state index contributed by atoms with van der Waals surface area (Å²) in [6.07, 6.45) is 2.37. The second-order valence-electron chi connectivity index (χ2n) is 4.46. The fraction of sp³-hybridized carbons (Fsp3) is 0.364. The highest BCUT2D eigenvalue weighted by atomic mass is 35.5. The lowest BCUT2D eigenvalue weighted by Crippen LogP contribution is -2.24. The van der Waals surface area contributed by atoms with E-state index in [1.54, 1.807) is 13.8 Å². The predicted octanol–water partition coefficient (Wildman–Crippen LogP) is 1.43. The van der Waals surface area contributed by atoms with Crippen molar-refractivity contribution in [1.82, 2.24) is 14.5 Å². The van der Waals surface area contributed by atoms with Gasteiger partial charge in [-0.05, 0) is 19.9 Å². The minimum atomic E-state index is -3.53. The van der Waals surface area contributed by atoms with Gasteiger partial charge in [-0.2, -0.15) is 4.98 Å². The van der Waals surface area contributed by atoms with Crippen molar-refractivity contribution in [1.29, 1.82) is 0 Å². The lowest BCUT2D eigenvalue weighted by molar-refractivity contribution is 0.582. The Labute approximate surface area is 115 Å². The molecule has 8 heteroatoms. The van der Waals surface area contributed by atoms with Gasteiger partial charge in [0.2, 0.25) is 15.0 Å². The van der Waals surface area contributed by atoms with Crippen LogP contribution in [0, 0.1) is 0 Å². The number of aromatic nitrogens is 3. The fourth-order valence-electron chi connectivity index (χ4n) is 1.73. The number of hydrogen-bond acceptors (Lipinski definition) is 5. The van der Waals surface area contributed by atoms with Crippen LogP contribution in [0.25, 0.3) is 11.0 Å². The zero-order valence-electron chi connectivity index (χ0n) is 10.6. The summed E-state index contributed by atoms with van der Waals surface area (Å²) in [5.41, 5.74) is -0.137. The molecular formula is C11H12ClN3O3S. The molecule has 102 valence electrons. The third kappa shape index (κ3) is 2.48. The number of fused-ring (bicyclic) bond motifs is 1. The Kier molecular flexibility index (Phi) is 3.36. The average molecular weight is 302 g/mol. The SMILES string of the molecule is CC(C)n1c(=O)c(Cl)cc2cnc(S(C)(=O)=O)nc21. The molecule has 19 heavy (non-hydrogen) atoms. The molecule has 2 aromatic heterocycles. The molecule has 0 unspecified atom stereocenters. The molecule has 2 rings (SSSR count). The summed E-state index contributed by atoms with van der Waals surface area (Å²) in [6.45, 7) is 3.58. The summed E-state index contributed by atoms with van der Waals surface area (Å²) in [7, 11) is -3.53. The molecule has 0 amide bonds. The van der Waals surface area contributed by atoms with Crippen molar-refractivity contribution >= 4 is 32.5 Å². The summed E-state index contributed by atoms with van der Waals surface area (Å²) in [5.74, 6) is 0. The Morgan fingerprint density at radius 2 is 2.00 bits per heavy atom. The first kappa shape index (κ1) is 14.0. The van der Waals surface area contributed by atoms with E-state index in [1.165, 1.54) is 16.8 Å². The van der Waals surface area contributed by atoms with Crippen LogP contribution >= 0.6 is 11.6 Å². The largest absolute Gasteiger partial charge is 0.289 e. The number of hydrogen-bond donors (Lipinski definition) is 0. The summed E-state index contributed by atoms with van der Waals surface area (Å²) in [5, 5.41) is 0.263. The molecule has 0 fully saturated rings. The molecule has 0 aliphatic carbocycles. The Morgan fingerprint density at radius 3 is 2.53 bits per heavy atom. The van der Waals surface area contributed by atoms with E-state index < -0.39 is 15.4 Å². The standard InChI is InChI=1S/C11H12ClN3O3S/c1-6(2)15-9-7(4-8(12)10(15)16)5-13-11(14-9)19(3,17)18/h4-6H,1-3H3. The zero-order chi connectivity index (χ0) is 14.4. The van der Waals surface area contributed by atoms with E-state index in [1.807, 2.05) is 0 Å². The van der Waals surface area contributed by atoms with Gasteiger partial charge in [-0.25, -0.2) is 13.4 Å². The molecule has 0 atom stereocenters. The van der Waals surface area contributed by atoms with Crippen molar-refractivity contribution in [2.45, 2.75) is 25.0 Å². The third-order valence-electron chi connectivity index (χ3n) is 2.56. The maximum absolute atomic E-state index is 12.0. The quantitative estimate of drug-likeness (QED) is 0.784. The monoisotopic (exact) mass is 301 g/mol. The van der Waals surface area contributed by atoms with Crippen LogP contribution in [0.2, 0.25) is 5.02 Å². The van der Waals surface area contributed by atoms with Crippen LogP contribution in [0.15, 0.2) is 22.2 Å². The molecule has 0 aliphatic rings. The predicted molar refractivity (Wildman–Crippen MR) is 72.3 cm³/mol. The van der Waals surface area contributed by atoms with Gasteiger partial charge in [0, 0.05) is 23.9 Å². The molecule has 0 aliphatic heterocycles. The molecule has 0 radical (unpaired) electrons. The van der Waals surface area contributed by atoms with E-state index in [4.69, 9.17) is 11.6 Å². The number of nitrogens with zero attached hydrogens (tertiary/aromatic N) is 3. The highest BCUT2D eigenvalue weighted by Gasteiger charge is 2.16. The Morgan fingerprint density at radius 1 is 1.37 bits per heavy atom. The van der Waals surface area contributed by atoms with Gasteiger partial charge in [-0.15, -0.1) is 0 Å². The highest BCUT2D eigenvalue weighted by Crippen LogP contribution is 2.18. The molecule has 0 N–H and O–H groups in total. The van der Waals surface area contributed by atoms with Gasteiger partial charge in [0.25, 0.3) is 5.56 Å². The average Bonchev–Trinajstić information content (AvgIpc) is 2.28. The smallest absolute Gasteiger partial charge is 0.271 e. The molecule has 6 nitrogen and oxygen atoms in total. The third-order valence-corrected chi connectivity index (χ3v) is 3.69. The van der Waals surface area contributed by atoms with Gasteiger partial charge in [0.15, 0.2) is 0 Å². The summed E-state index contributed by atoms with van der Waals surface area (Å²) >= 11 is 5.86. The maximum atomic E-state index is 12.0. The summed E-state index contributed by atoms with van der Waals surface area (Å²) in [4.78, 5) is 19.8. The van der Waals surface area contributed by atoms with E-state index in [2.05, 4.69) is 9.97 Å². The van der Waals surface area contributed by atoms with Gasteiger partial charge in [0.05, 0.1) is 0 Å². The summed E-state index contributed by atoms with van der Waals surface area (Å²) < 4.78 is 24.3. The van der Waals surface area contributed by atoms with E-state index in [-0.39, 0.29) is 21.9 Å². The van der Waals surface area contributed by atoms with E-state index >= 15 is 0 Å². The van der Waals surface area contributed by atoms with E-state index in [0.717, 1.165) is 6.26 Å². The summed E-state index contributed by atoms with van der Waals surface area (Å²) in [6, 6.07) is 1.24. The van der Waals surface area contributed by atoms with E-state index in [9.17, 15) is 13.2 Å². The van der Waals surface area contributed by atoms with Crippen molar-refractivity contribution < 1.29 is 8.42 Å². The number of pyridine rings is 1. The lowest BCUT2D eigenvalue weighted by Gasteiger charge is -2.13. The van der Waals surface area contributed by atoms with Gasteiger partial charge < -0.3 is 0 Å². The van der Waals surface area contributed by atoms with Crippen LogP contribution in [-0.4, -0.2) is 29.2 Å². The molecule has 0 aromatic carbocycles. The van der Waals surface area contributed by atoms with Crippen molar-refractivity contribution in [3.8, 4) is 0 Å². The first-order valence-electron chi connectivity index (χ1n) is 5.49. The van der Waals surface area contributed by atoms with E-state index in [0.29, 0.717) is 5.39 Å². The molecule has 2 aromatic rings. The van der Waals surface area contributed by atoms with Gasteiger partial charge in [0.1, 0.15) is 10.7 Å². The van der Waals surface area contributed by atoms with Crippen molar-refractivity contribution in [3.63, 3.8) is 0 Å². The number of sulfone groups is 1. The Balaban J connectivity index is 2.96.